The summed E-state index contributed by atoms with van der Waals surface area (Å²) in [6.07, 6.45) is 1.62. The normalized spacial score (nSPS) is 10.0. The minimum Gasteiger partial charge on any atom is -0.294 e. The Bertz CT molecular complexity index is 776. The minimum atomic E-state index is 0.00820. The number of aryl methyl sites for hydroxylation is 1. The van der Waals surface area contributed by atoms with Crippen LogP contribution < -0.4 is 5.56 Å². The Morgan fingerprint density at radius 3 is 2.48 bits per heavy atom. The topological polar surface area (TPSA) is 34.9 Å². The van der Waals surface area contributed by atoms with Crippen LogP contribution in [0.15, 0.2) is 59.7 Å². The molecule has 0 aliphatic rings. The molecule has 3 heteroatoms. The van der Waals surface area contributed by atoms with Gasteiger partial charge in [0.25, 0.3) is 5.56 Å². The first-order valence-electron chi connectivity index (χ1n) is 7.24. The molecule has 3 rings (SSSR count). The van der Waals surface area contributed by atoms with Crippen molar-refractivity contribution in [1.29, 1.82) is 0 Å². The van der Waals surface area contributed by atoms with Gasteiger partial charge in [-0.15, -0.1) is 0 Å². The van der Waals surface area contributed by atoms with Crippen molar-refractivity contribution in [3.63, 3.8) is 0 Å². The largest absolute Gasteiger partial charge is 0.294 e. The lowest BCUT2D eigenvalue weighted by Gasteiger charge is -2.07. The van der Waals surface area contributed by atoms with Crippen LogP contribution in [-0.2, 0) is 6.54 Å². The van der Waals surface area contributed by atoms with Gasteiger partial charge < -0.3 is 0 Å². The number of nitrogens with zero attached hydrogens (tertiary/aromatic N) is 2. The summed E-state index contributed by atoms with van der Waals surface area (Å²) in [4.78, 5) is 16.7. The monoisotopic (exact) mass is 280 g/mol. The summed E-state index contributed by atoms with van der Waals surface area (Å²) < 4.78 is 1.65. The van der Waals surface area contributed by atoms with E-state index in [9.17, 15) is 4.79 Å². The Morgan fingerprint density at radius 1 is 1.05 bits per heavy atom. The molecule has 0 fully saturated rings. The number of hydrogen-bond acceptors (Lipinski definition) is 2. The second kappa shape index (κ2) is 6.84. The molecule has 1 heterocycles. The predicted octanol–water partition coefficient (Wildman–Crippen LogP) is 3.78. The molecule has 21 heavy (non-hydrogen) atoms. The van der Waals surface area contributed by atoms with E-state index in [4.69, 9.17) is 0 Å². The zero-order valence-corrected chi connectivity index (χ0v) is 12.7. The lowest BCUT2D eigenvalue weighted by atomic mass is 10.1. The molecule has 0 bridgehead atoms. The summed E-state index contributed by atoms with van der Waals surface area (Å²) in [7, 11) is 0. The van der Waals surface area contributed by atoms with E-state index in [0.717, 1.165) is 16.6 Å². The number of benzene rings is 2. The van der Waals surface area contributed by atoms with Gasteiger partial charge in [0.05, 0.1) is 23.8 Å². The average Bonchev–Trinajstić information content (AvgIpc) is 2.53. The van der Waals surface area contributed by atoms with Crippen molar-refractivity contribution in [1.82, 2.24) is 9.55 Å². The van der Waals surface area contributed by atoms with Crippen molar-refractivity contribution in [2.24, 2.45) is 0 Å². The van der Waals surface area contributed by atoms with Gasteiger partial charge in [-0.3, -0.25) is 9.36 Å². The molecular weight excluding hydrogens is 260 g/mol. The maximum Gasteiger partial charge on any atom is 0.261 e. The van der Waals surface area contributed by atoms with E-state index < -0.39 is 0 Å². The highest BCUT2D eigenvalue weighted by Crippen LogP contribution is 2.09. The molecule has 3 nitrogen and oxygen atoms in total. The molecular formula is C18H20N2O. The Hall–Kier alpha value is -2.42. The fourth-order valence-corrected chi connectivity index (χ4v) is 2.16. The molecule has 0 aliphatic carbocycles. The van der Waals surface area contributed by atoms with Crippen molar-refractivity contribution < 1.29 is 0 Å². The van der Waals surface area contributed by atoms with Gasteiger partial charge in [-0.25, -0.2) is 4.98 Å². The third kappa shape index (κ3) is 3.37. The molecule has 1 aromatic heterocycles. The van der Waals surface area contributed by atoms with Crippen LogP contribution in [0, 0.1) is 6.92 Å². The molecule has 0 aliphatic heterocycles. The van der Waals surface area contributed by atoms with Gasteiger partial charge in [-0.1, -0.05) is 50.2 Å². The van der Waals surface area contributed by atoms with E-state index in [1.165, 1.54) is 0 Å². The maximum absolute atomic E-state index is 12.4. The molecule has 0 spiro atoms. The SMILES string of the molecule is CC.Cc1ccc2c(=O)n(Cc3ccccc3)cnc2c1. The predicted molar refractivity (Wildman–Crippen MR) is 87.6 cm³/mol. The van der Waals surface area contributed by atoms with Gasteiger partial charge in [-0.05, 0) is 30.2 Å². The van der Waals surface area contributed by atoms with E-state index >= 15 is 0 Å². The number of fused-ring (bicyclic) bond motifs is 1. The molecule has 0 N–H and O–H groups in total. The quantitative estimate of drug-likeness (QED) is 0.716. The van der Waals surface area contributed by atoms with Gasteiger partial charge in [0.15, 0.2) is 0 Å². The summed E-state index contributed by atoms with van der Waals surface area (Å²) >= 11 is 0. The summed E-state index contributed by atoms with van der Waals surface area (Å²) in [6.45, 7) is 6.55. The summed E-state index contributed by atoms with van der Waals surface area (Å²) in [5, 5.41) is 0.670. The number of rotatable bonds is 2. The first-order valence-corrected chi connectivity index (χ1v) is 7.24. The highest BCUT2D eigenvalue weighted by Gasteiger charge is 2.04. The molecule has 0 saturated heterocycles. The fraction of sp³-hybridized carbons (Fsp3) is 0.222. The number of aromatic nitrogens is 2. The second-order valence-electron chi connectivity index (χ2n) is 4.68. The van der Waals surface area contributed by atoms with Crippen molar-refractivity contribution in [3.05, 3.63) is 76.3 Å². The Balaban J connectivity index is 0.000000774. The Kier molecular flexibility index (Phi) is 4.88. The highest BCUT2D eigenvalue weighted by atomic mass is 16.1. The lowest BCUT2D eigenvalue weighted by molar-refractivity contribution is 0.748. The Morgan fingerprint density at radius 2 is 1.76 bits per heavy atom. The van der Waals surface area contributed by atoms with Crippen LogP contribution in [0.3, 0.4) is 0 Å². The van der Waals surface area contributed by atoms with Crippen LogP contribution in [-0.4, -0.2) is 9.55 Å². The first kappa shape index (κ1) is 15.0. The summed E-state index contributed by atoms with van der Waals surface area (Å²) in [5.41, 5.74) is 2.97. The van der Waals surface area contributed by atoms with Crippen LogP contribution in [0.2, 0.25) is 0 Å². The van der Waals surface area contributed by atoms with Gasteiger partial charge in [0, 0.05) is 0 Å². The van der Waals surface area contributed by atoms with Gasteiger partial charge >= 0.3 is 0 Å². The van der Waals surface area contributed by atoms with E-state index in [1.54, 1.807) is 10.9 Å². The van der Waals surface area contributed by atoms with Gasteiger partial charge in [0.2, 0.25) is 0 Å². The standard InChI is InChI=1S/C16H14N2O.C2H6/c1-12-7-8-14-15(9-12)17-11-18(16(14)19)10-13-5-3-2-4-6-13;1-2/h2-9,11H,10H2,1H3;1-2H3. The maximum atomic E-state index is 12.4. The summed E-state index contributed by atoms with van der Waals surface area (Å²) in [6, 6.07) is 15.6. The van der Waals surface area contributed by atoms with Crippen molar-refractivity contribution in [3.8, 4) is 0 Å². The van der Waals surface area contributed by atoms with Crippen LogP contribution >= 0.6 is 0 Å². The van der Waals surface area contributed by atoms with Crippen molar-refractivity contribution >= 4 is 10.9 Å². The lowest BCUT2D eigenvalue weighted by Crippen LogP contribution is -2.21. The number of hydrogen-bond donors (Lipinski definition) is 0. The molecule has 0 saturated carbocycles. The average molecular weight is 280 g/mol. The smallest absolute Gasteiger partial charge is 0.261 e. The molecule has 3 aromatic rings. The van der Waals surface area contributed by atoms with Gasteiger partial charge in [0.1, 0.15) is 0 Å². The van der Waals surface area contributed by atoms with Crippen molar-refractivity contribution in [2.45, 2.75) is 27.3 Å². The minimum absolute atomic E-state index is 0.00820. The van der Waals surface area contributed by atoms with Crippen molar-refractivity contribution in [2.75, 3.05) is 0 Å². The van der Waals surface area contributed by atoms with E-state index in [1.807, 2.05) is 69.3 Å². The third-order valence-electron chi connectivity index (χ3n) is 3.18. The first-order chi connectivity index (χ1) is 10.2. The van der Waals surface area contributed by atoms with Gasteiger partial charge in [-0.2, -0.15) is 0 Å². The highest BCUT2D eigenvalue weighted by molar-refractivity contribution is 5.77. The molecule has 0 atom stereocenters. The van der Waals surface area contributed by atoms with Crippen LogP contribution in [0.1, 0.15) is 25.0 Å². The third-order valence-corrected chi connectivity index (χ3v) is 3.18. The van der Waals surface area contributed by atoms with E-state index in [0.29, 0.717) is 11.9 Å². The fourth-order valence-electron chi connectivity index (χ4n) is 2.16. The van der Waals surface area contributed by atoms with E-state index in [-0.39, 0.29) is 5.56 Å². The molecule has 0 amide bonds. The molecule has 108 valence electrons. The molecule has 2 aromatic carbocycles. The summed E-state index contributed by atoms with van der Waals surface area (Å²) in [5.74, 6) is 0. The zero-order valence-electron chi connectivity index (χ0n) is 12.7. The van der Waals surface area contributed by atoms with Crippen LogP contribution in [0.25, 0.3) is 10.9 Å². The van der Waals surface area contributed by atoms with Crippen LogP contribution in [0.5, 0.6) is 0 Å². The van der Waals surface area contributed by atoms with E-state index in [2.05, 4.69) is 4.98 Å². The molecule has 0 radical (unpaired) electrons. The zero-order chi connectivity index (χ0) is 15.2. The Labute approximate surface area is 124 Å². The molecule has 0 unspecified atom stereocenters. The second-order valence-corrected chi connectivity index (χ2v) is 4.68. The van der Waals surface area contributed by atoms with Crippen LogP contribution in [0.4, 0.5) is 0 Å².